The molecule has 0 fully saturated rings. The fourth-order valence-electron chi connectivity index (χ4n) is 10.0. The van der Waals surface area contributed by atoms with E-state index >= 15 is 0 Å². The highest BCUT2D eigenvalue weighted by Gasteiger charge is 2.47. The van der Waals surface area contributed by atoms with Gasteiger partial charge in [-0.1, -0.05) is 158 Å². The van der Waals surface area contributed by atoms with Gasteiger partial charge in [-0.05, 0) is 94.0 Å². The first-order valence-corrected chi connectivity index (χ1v) is 21.5. The molecule has 2 aliphatic rings. The smallest absolute Gasteiger partial charge is 0.181 e. The van der Waals surface area contributed by atoms with Crippen LogP contribution in [0.5, 0.6) is 23.0 Å². The molecular weight excluding hydrogens is 785 g/mol. The zero-order valence-electron chi connectivity index (χ0n) is 34.4. The maximum Gasteiger partial charge on any atom is 0.181 e. The lowest BCUT2D eigenvalue weighted by Gasteiger charge is -2.34. The minimum absolute atomic E-state index is 0.484. The molecule has 64 heavy (non-hydrogen) atoms. The summed E-state index contributed by atoms with van der Waals surface area (Å²) in [6.07, 6.45) is 0. The maximum absolute atomic E-state index is 6.97. The second-order valence-electron chi connectivity index (χ2n) is 16.3. The highest BCUT2D eigenvalue weighted by Crippen LogP contribution is 2.60. The van der Waals surface area contributed by atoms with Crippen LogP contribution >= 0.6 is 0 Å². The molecule has 0 saturated carbocycles. The van der Waals surface area contributed by atoms with Crippen LogP contribution in [0.3, 0.4) is 0 Å². The van der Waals surface area contributed by atoms with Gasteiger partial charge >= 0.3 is 0 Å². The van der Waals surface area contributed by atoms with E-state index in [2.05, 4.69) is 174 Å². The number of ether oxygens (including phenoxy) is 2. The van der Waals surface area contributed by atoms with Crippen LogP contribution in [0.2, 0.25) is 0 Å². The van der Waals surface area contributed by atoms with E-state index in [4.69, 9.17) is 24.4 Å². The van der Waals surface area contributed by atoms with Crippen LogP contribution in [0.25, 0.3) is 72.8 Å². The third-order valence-electron chi connectivity index (χ3n) is 12.8. The Labute approximate surface area is 369 Å². The van der Waals surface area contributed by atoms with Crippen molar-refractivity contribution in [3.05, 3.63) is 241 Å². The number of fused-ring (bicyclic) bond motifs is 8. The number of hydrogen-bond donors (Lipinski definition) is 0. The Morgan fingerprint density at radius 2 is 0.891 bits per heavy atom. The van der Waals surface area contributed by atoms with E-state index in [0.29, 0.717) is 46.0 Å². The predicted octanol–water partition coefficient (Wildman–Crippen LogP) is 14.2. The molecule has 1 aliphatic carbocycles. The Balaban J connectivity index is 0.934. The molecule has 300 valence electrons. The number of para-hydroxylation sites is 3. The zero-order chi connectivity index (χ0) is 42.2. The first-order valence-electron chi connectivity index (χ1n) is 21.5. The Morgan fingerprint density at radius 3 is 1.56 bits per heavy atom. The topological polar surface area (TPSA) is 62.1 Å². The van der Waals surface area contributed by atoms with E-state index in [-0.39, 0.29) is 0 Å². The van der Waals surface area contributed by atoms with Crippen molar-refractivity contribution in [2.45, 2.75) is 5.41 Å². The van der Waals surface area contributed by atoms with Crippen molar-refractivity contribution in [2.75, 3.05) is 0 Å². The third-order valence-corrected chi connectivity index (χ3v) is 12.8. The highest BCUT2D eigenvalue weighted by molar-refractivity contribution is 6.09. The third kappa shape index (κ3) is 5.42. The van der Waals surface area contributed by atoms with E-state index < -0.39 is 5.41 Å². The molecule has 6 nitrogen and oxygen atoms in total. The number of nitrogens with zero attached hydrogens (tertiary/aromatic N) is 4. The van der Waals surface area contributed by atoms with Gasteiger partial charge in [-0.15, -0.1) is 0 Å². The van der Waals surface area contributed by atoms with Crippen LogP contribution in [-0.4, -0.2) is 19.5 Å². The van der Waals surface area contributed by atoms with Crippen LogP contribution in [0.1, 0.15) is 22.3 Å². The SMILES string of the molecule is c1ccc(-c2nc(-c3ccc(-n4c5ccccc5c5ccccc54)cc3)nc(-c3cccc4c3Oc3cc5c(cc3O4)C(c3ccccc3)(c3ccccc3)c3ccccc3-5)n2)cc1. The molecule has 13 rings (SSSR count). The first kappa shape index (κ1) is 36.1. The van der Waals surface area contributed by atoms with Gasteiger partial charge in [-0.25, -0.2) is 15.0 Å². The van der Waals surface area contributed by atoms with Gasteiger partial charge < -0.3 is 14.0 Å². The normalized spacial score (nSPS) is 13.1. The summed E-state index contributed by atoms with van der Waals surface area (Å²) in [5, 5.41) is 2.44. The lowest BCUT2D eigenvalue weighted by molar-refractivity contribution is 0.360. The lowest BCUT2D eigenvalue weighted by atomic mass is 9.67. The van der Waals surface area contributed by atoms with Gasteiger partial charge in [0.25, 0.3) is 0 Å². The molecular formula is C58H36N4O2. The van der Waals surface area contributed by atoms with Crippen LogP contribution in [0.4, 0.5) is 0 Å². The van der Waals surface area contributed by atoms with Crippen LogP contribution in [0, 0.1) is 0 Å². The van der Waals surface area contributed by atoms with Crippen LogP contribution < -0.4 is 9.47 Å². The number of benzene rings is 9. The predicted molar refractivity (Wildman–Crippen MR) is 254 cm³/mol. The Bertz CT molecular complexity index is 3510. The number of hydrogen-bond acceptors (Lipinski definition) is 5. The number of aromatic nitrogens is 4. The second-order valence-corrected chi connectivity index (χ2v) is 16.3. The standard InChI is InChI=1S/C58H36N4O2/c1-4-17-37(18-5-1)55-59-56(38-31-33-41(34-32-38)62-49-28-14-11-24-43(49)44-25-12-15-29-50(44)62)61-57(60-55)45-26-16-30-51-54(45)64-52-35-46-42-23-10-13-27-47(42)58(39-19-6-2-7-20-39,40-21-8-3-9-22-40)48(46)36-53(52)63-51/h1-36H. The minimum Gasteiger partial charge on any atom is -0.449 e. The van der Waals surface area contributed by atoms with E-state index in [1.807, 2.05) is 48.5 Å². The van der Waals surface area contributed by atoms with Gasteiger partial charge in [-0.3, -0.25) is 0 Å². The Kier molecular flexibility index (Phi) is 8.02. The molecule has 0 unspecified atom stereocenters. The molecule has 0 bridgehead atoms. The molecule has 3 heterocycles. The fraction of sp³-hybridized carbons (Fsp3) is 0.0172. The van der Waals surface area contributed by atoms with Gasteiger partial charge in [0.1, 0.15) is 0 Å². The van der Waals surface area contributed by atoms with E-state index in [1.165, 1.54) is 27.5 Å². The molecule has 0 radical (unpaired) electrons. The van der Waals surface area contributed by atoms with Gasteiger partial charge in [0.05, 0.1) is 22.0 Å². The Hall–Kier alpha value is -8.61. The molecule has 9 aromatic carbocycles. The van der Waals surface area contributed by atoms with Crippen molar-refractivity contribution in [1.29, 1.82) is 0 Å². The summed E-state index contributed by atoms with van der Waals surface area (Å²) in [5.74, 6) is 4.02. The summed E-state index contributed by atoms with van der Waals surface area (Å²) >= 11 is 0. The molecule has 1 aliphatic heterocycles. The largest absolute Gasteiger partial charge is 0.449 e. The number of rotatable bonds is 6. The zero-order valence-corrected chi connectivity index (χ0v) is 34.4. The molecule has 6 heteroatoms. The summed E-state index contributed by atoms with van der Waals surface area (Å²) in [7, 11) is 0. The van der Waals surface area contributed by atoms with Crippen molar-refractivity contribution in [2.24, 2.45) is 0 Å². The summed E-state index contributed by atoms with van der Waals surface area (Å²) in [5.41, 5.74) is 12.3. The van der Waals surface area contributed by atoms with Crippen molar-refractivity contribution in [3.8, 4) is 74.0 Å². The van der Waals surface area contributed by atoms with Gasteiger partial charge in [-0.2, -0.15) is 0 Å². The first-order chi connectivity index (χ1) is 31.7. The van der Waals surface area contributed by atoms with Crippen LogP contribution in [0.15, 0.2) is 218 Å². The van der Waals surface area contributed by atoms with E-state index in [0.717, 1.165) is 44.5 Å². The van der Waals surface area contributed by atoms with E-state index in [1.54, 1.807) is 0 Å². The summed E-state index contributed by atoms with van der Waals surface area (Å²) < 4.78 is 16.2. The summed E-state index contributed by atoms with van der Waals surface area (Å²) in [6, 6.07) is 76.0. The van der Waals surface area contributed by atoms with Gasteiger partial charge in [0.15, 0.2) is 40.5 Å². The van der Waals surface area contributed by atoms with Crippen molar-refractivity contribution in [1.82, 2.24) is 19.5 Å². The second kappa shape index (κ2) is 14.2. The van der Waals surface area contributed by atoms with Crippen LogP contribution in [-0.2, 0) is 5.41 Å². The molecule has 0 amide bonds. The molecule has 11 aromatic rings. The van der Waals surface area contributed by atoms with Gasteiger partial charge in [0, 0.05) is 27.6 Å². The fourth-order valence-corrected chi connectivity index (χ4v) is 10.0. The summed E-state index contributed by atoms with van der Waals surface area (Å²) in [4.78, 5) is 15.3. The molecule has 2 aromatic heterocycles. The molecule has 0 N–H and O–H groups in total. The quantitative estimate of drug-likeness (QED) is 0.167. The molecule has 0 saturated heterocycles. The molecule has 0 atom stereocenters. The molecule has 0 spiro atoms. The average molecular weight is 821 g/mol. The summed E-state index contributed by atoms with van der Waals surface area (Å²) in [6.45, 7) is 0. The average Bonchev–Trinajstić information content (AvgIpc) is 3.86. The maximum atomic E-state index is 6.97. The minimum atomic E-state index is -0.564. The van der Waals surface area contributed by atoms with Crippen molar-refractivity contribution >= 4 is 21.8 Å². The van der Waals surface area contributed by atoms with E-state index in [9.17, 15) is 0 Å². The highest BCUT2D eigenvalue weighted by atomic mass is 16.6. The van der Waals surface area contributed by atoms with Gasteiger partial charge in [0.2, 0.25) is 0 Å². The lowest BCUT2D eigenvalue weighted by Crippen LogP contribution is -2.28. The van der Waals surface area contributed by atoms with Crippen molar-refractivity contribution < 1.29 is 9.47 Å². The monoisotopic (exact) mass is 820 g/mol. The Morgan fingerprint density at radius 1 is 0.359 bits per heavy atom. The van der Waals surface area contributed by atoms with Crippen molar-refractivity contribution in [3.63, 3.8) is 0 Å².